The zero-order chi connectivity index (χ0) is 15.6. The van der Waals surface area contributed by atoms with Crippen LogP contribution in [0.15, 0.2) is 18.2 Å². The molecule has 1 aromatic carbocycles. The number of nitrogens with zero attached hydrogens (tertiary/aromatic N) is 3. The smallest absolute Gasteiger partial charge is 0.273 e. The van der Waals surface area contributed by atoms with Crippen LogP contribution in [0.1, 0.15) is 25.8 Å². The summed E-state index contributed by atoms with van der Waals surface area (Å²) in [5.74, 6) is -0.663. The van der Waals surface area contributed by atoms with E-state index in [-0.39, 0.29) is 11.2 Å². The fraction of sp³-hybridized carbons (Fsp3) is 0.385. The summed E-state index contributed by atoms with van der Waals surface area (Å²) in [6.45, 7) is 6.64. The average Bonchev–Trinajstić information content (AvgIpc) is 2.83. The van der Waals surface area contributed by atoms with E-state index in [1.165, 1.54) is 23.5 Å². The van der Waals surface area contributed by atoms with E-state index in [1.54, 1.807) is 0 Å². The van der Waals surface area contributed by atoms with E-state index in [0.29, 0.717) is 17.1 Å². The summed E-state index contributed by atoms with van der Waals surface area (Å²) in [5.41, 5.74) is 0.0134. The SMILES string of the molecule is CC(C)(C)NCc1nnc(-c2cc(F)cc([N+](=O)[O-])c2)s1. The maximum atomic E-state index is 13.4. The summed E-state index contributed by atoms with van der Waals surface area (Å²) in [7, 11) is 0. The van der Waals surface area contributed by atoms with Crippen molar-refractivity contribution >= 4 is 17.0 Å². The molecule has 2 rings (SSSR count). The van der Waals surface area contributed by atoms with Crippen LogP contribution in [0.25, 0.3) is 10.6 Å². The molecule has 0 unspecified atom stereocenters. The molecule has 0 spiro atoms. The number of halogens is 1. The topological polar surface area (TPSA) is 81.0 Å². The van der Waals surface area contributed by atoms with Crippen molar-refractivity contribution in [2.24, 2.45) is 0 Å². The van der Waals surface area contributed by atoms with Crippen LogP contribution in [0.4, 0.5) is 10.1 Å². The number of hydrogen-bond donors (Lipinski definition) is 1. The lowest BCUT2D eigenvalue weighted by molar-refractivity contribution is -0.385. The lowest BCUT2D eigenvalue weighted by Gasteiger charge is -2.19. The highest BCUT2D eigenvalue weighted by Gasteiger charge is 2.15. The quantitative estimate of drug-likeness (QED) is 0.693. The van der Waals surface area contributed by atoms with Gasteiger partial charge in [-0.2, -0.15) is 0 Å². The van der Waals surface area contributed by atoms with E-state index in [2.05, 4.69) is 15.5 Å². The summed E-state index contributed by atoms with van der Waals surface area (Å²) < 4.78 is 13.4. The molecule has 8 heteroatoms. The van der Waals surface area contributed by atoms with Crippen LogP contribution in [-0.4, -0.2) is 20.7 Å². The van der Waals surface area contributed by atoms with Crippen molar-refractivity contribution in [1.29, 1.82) is 0 Å². The van der Waals surface area contributed by atoms with E-state index >= 15 is 0 Å². The summed E-state index contributed by atoms with van der Waals surface area (Å²) >= 11 is 1.28. The van der Waals surface area contributed by atoms with Gasteiger partial charge in [0.2, 0.25) is 0 Å². The maximum absolute atomic E-state index is 13.4. The van der Waals surface area contributed by atoms with Crippen LogP contribution < -0.4 is 5.32 Å². The lowest BCUT2D eigenvalue weighted by Crippen LogP contribution is -2.35. The van der Waals surface area contributed by atoms with Crippen molar-refractivity contribution < 1.29 is 9.31 Å². The Hall–Kier alpha value is -1.93. The van der Waals surface area contributed by atoms with Gasteiger partial charge in [0.1, 0.15) is 15.8 Å². The standard InChI is InChI=1S/C13H15FN4O2S/c1-13(2,3)15-7-11-16-17-12(21-11)8-4-9(14)6-10(5-8)18(19)20/h4-6,15H,7H2,1-3H3. The second-order valence-electron chi connectivity index (χ2n) is 5.56. The van der Waals surface area contributed by atoms with Gasteiger partial charge in [0.25, 0.3) is 5.69 Å². The predicted octanol–water partition coefficient (Wildman–Crippen LogP) is 3.14. The van der Waals surface area contributed by atoms with Crippen molar-refractivity contribution in [2.45, 2.75) is 32.9 Å². The van der Waals surface area contributed by atoms with Crippen LogP contribution >= 0.6 is 11.3 Å². The van der Waals surface area contributed by atoms with Gasteiger partial charge in [-0.3, -0.25) is 10.1 Å². The van der Waals surface area contributed by atoms with Crippen LogP contribution in [-0.2, 0) is 6.54 Å². The zero-order valence-electron chi connectivity index (χ0n) is 11.9. The van der Waals surface area contributed by atoms with Gasteiger partial charge < -0.3 is 5.32 Å². The third kappa shape index (κ3) is 4.27. The van der Waals surface area contributed by atoms with E-state index < -0.39 is 10.7 Å². The number of rotatable bonds is 4. The zero-order valence-corrected chi connectivity index (χ0v) is 12.7. The number of nitrogens with one attached hydrogen (secondary N) is 1. The van der Waals surface area contributed by atoms with E-state index in [9.17, 15) is 14.5 Å². The molecule has 0 aliphatic rings. The summed E-state index contributed by atoms with van der Waals surface area (Å²) in [5, 5.41) is 23.2. The molecule has 1 N–H and O–H groups in total. The molecule has 0 bridgehead atoms. The van der Waals surface area contributed by atoms with Gasteiger partial charge in [0, 0.05) is 17.2 Å². The number of benzene rings is 1. The largest absolute Gasteiger partial charge is 0.306 e. The fourth-order valence-corrected chi connectivity index (χ4v) is 2.35. The highest BCUT2D eigenvalue weighted by molar-refractivity contribution is 7.14. The van der Waals surface area contributed by atoms with E-state index in [4.69, 9.17) is 0 Å². The predicted molar refractivity (Wildman–Crippen MR) is 78.6 cm³/mol. The normalized spacial score (nSPS) is 11.6. The molecule has 0 aliphatic heterocycles. The Morgan fingerprint density at radius 2 is 2.05 bits per heavy atom. The number of aromatic nitrogens is 2. The third-order valence-electron chi connectivity index (χ3n) is 2.58. The molecule has 0 aliphatic carbocycles. The minimum atomic E-state index is -0.663. The summed E-state index contributed by atoms with van der Waals surface area (Å²) in [6, 6.07) is 3.39. The van der Waals surface area contributed by atoms with Gasteiger partial charge in [0.15, 0.2) is 0 Å². The van der Waals surface area contributed by atoms with Crippen molar-refractivity contribution in [3.05, 3.63) is 39.1 Å². The first-order valence-electron chi connectivity index (χ1n) is 6.27. The Labute approximate surface area is 125 Å². The summed E-state index contributed by atoms with van der Waals surface area (Å²) in [6.07, 6.45) is 0. The first kappa shape index (κ1) is 15.5. The molecule has 2 aromatic rings. The minimum Gasteiger partial charge on any atom is -0.306 e. The van der Waals surface area contributed by atoms with Crippen molar-refractivity contribution in [3.63, 3.8) is 0 Å². The van der Waals surface area contributed by atoms with Gasteiger partial charge in [-0.25, -0.2) is 4.39 Å². The highest BCUT2D eigenvalue weighted by Crippen LogP contribution is 2.28. The summed E-state index contributed by atoms with van der Waals surface area (Å²) in [4.78, 5) is 10.1. The number of non-ortho nitro benzene ring substituents is 1. The first-order valence-corrected chi connectivity index (χ1v) is 7.09. The molecule has 1 heterocycles. The van der Waals surface area contributed by atoms with Crippen LogP contribution in [0.3, 0.4) is 0 Å². The van der Waals surface area contributed by atoms with Gasteiger partial charge >= 0.3 is 0 Å². The van der Waals surface area contributed by atoms with Crippen molar-refractivity contribution in [2.75, 3.05) is 0 Å². The molecule has 0 radical (unpaired) electrons. The second-order valence-corrected chi connectivity index (χ2v) is 6.62. The molecule has 112 valence electrons. The molecule has 21 heavy (non-hydrogen) atoms. The van der Waals surface area contributed by atoms with Crippen LogP contribution in [0.5, 0.6) is 0 Å². The molecule has 0 fully saturated rings. The molecule has 0 saturated heterocycles. The van der Waals surface area contributed by atoms with Crippen molar-refractivity contribution in [3.8, 4) is 10.6 Å². The second kappa shape index (κ2) is 5.82. The maximum Gasteiger partial charge on any atom is 0.273 e. The molecular weight excluding hydrogens is 295 g/mol. The third-order valence-corrected chi connectivity index (χ3v) is 3.55. The van der Waals surface area contributed by atoms with E-state index in [0.717, 1.165) is 11.1 Å². The average molecular weight is 310 g/mol. The fourth-order valence-electron chi connectivity index (χ4n) is 1.59. The number of hydrogen-bond acceptors (Lipinski definition) is 6. The van der Waals surface area contributed by atoms with Crippen LogP contribution in [0, 0.1) is 15.9 Å². The highest BCUT2D eigenvalue weighted by atomic mass is 32.1. The molecule has 6 nitrogen and oxygen atoms in total. The lowest BCUT2D eigenvalue weighted by atomic mass is 10.1. The molecule has 0 atom stereocenters. The Bertz CT molecular complexity index is 666. The Morgan fingerprint density at radius 1 is 1.33 bits per heavy atom. The Morgan fingerprint density at radius 3 is 2.67 bits per heavy atom. The van der Waals surface area contributed by atoms with Gasteiger partial charge in [-0.05, 0) is 26.8 Å². The minimum absolute atomic E-state index is 0.0521. The number of nitro benzene ring substituents is 1. The van der Waals surface area contributed by atoms with Gasteiger partial charge in [-0.15, -0.1) is 10.2 Å². The molecular formula is C13H15FN4O2S. The Balaban J connectivity index is 2.23. The van der Waals surface area contributed by atoms with Crippen LogP contribution in [0.2, 0.25) is 0 Å². The number of nitro groups is 1. The van der Waals surface area contributed by atoms with E-state index in [1.807, 2.05) is 20.8 Å². The van der Waals surface area contributed by atoms with Crippen molar-refractivity contribution in [1.82, 2.24) is 15.5 Å². The monoisotopic (exact) mass is 310 g/mol. The molecule has 0 amide bonds. The first-order chi connectivity index (χ1) is 9.74. The van der Waals surface area contributed by atoms with Gasteiger partial charge in [-0.1, -0.05) is 11.3 Å². The molecule has 0 saturated carbocycles. The molecule has 1 aromatic heterocycles. The Kier molecular flexibility index (Phi) is 4.29. The van der Waals surface area contributed by atoms with Gasteiger partial charge in [0.05, 0.1) is 17.5 Å².